The number of benzene rings is 1. The minimum atomic E-state index is -0.848. The van der Waals surface area contributed by atoms with Gasteiger partial charge in [0.2, 0.25) is 0 Å². The zero-order valence-corrected chi connectivity index (χ0v) is 11.5. The van der Waals surface area contributed by atoms with Crippen molar-refractivity contribution in [2.75, 3.05) is 18.4 Å². The largest absolute Gasteiger partial charge is 0.481 e. The van der Waals surface area contributed by atoms with Gasteiger partial charge in [-0.2, -0.15) is 0 Å². The van der Waals surface area contributed by atoms with Crippen LogP contribution in [0.2, 0.25) is 5.02 Å². The molecule has 1 heterocycles. The number of aliphatic carboxylic acids is 1. The molecule has 0 saturated carbocycles. The van der Waals surface area contributed by atoms with Crippen LogP contribution >= 0.6 is 11.6 Å². The Morgan fingerprint density at radius 3 is 2.85 bits per heavy atom. The van der Waals surface area contributed by atoms with Gasteiger partial charge < -0.3 is 21.1 Å². The Labute approximate surface area is 121 Å². The number of halogens is 1. The summed E-state index contributed by atoms with van der Waals surface area (Å²) in [5, 5.41) is 17.9. The summed E-state index contributed by atoms with van der Waals surface area (Å²) in [6, 6.07) is 6.24. The molecule has 20 heavy (non-hydrogen) atoms. The smallest absolute Gasteiger partial charge is 0.319 e. The van der Waals surface area contributed by atoms with Crippen molar-refractivity contribution in [1.29, 1.82) is 0 Å². The van der Waals surface area contributed by atoms with Gasteiger partial charge in [-0.1, -0.05) is 17.7 Å². The van der Waals surface area contributed by atoms with Gasteiger partial charge >= 0.3 is 12.0 Å². The van der Waals surface area contributed by atoms with Crippen LogP contribution in [0.4, 0.5) is 10.5 Å². The van der Waals surface area contributed by atoms with Gasteiger partial charge in [0.1, 0.15) is 0 Å². The maximum Gasteiger partial charge on any atom is 0.319 e. The fourth-order valence-electron chi connectivity index (χ4n) is 2.16. The Morgan fingerprint density at radius 2 is 2.15 bits per heavy atom. The molecular formula is C13H16ClN3O3. The summed E-state index contributed by atoms with van der Waals surface area (Å²) >= 11 is 5.83. The van der Waals surface area contributed by atoms with Crippen LogP contribution < -0.4 is 16.0 Å². The molecule has 2 unspecified atom stereocenters. The van der Waals surface area contributed by atoms with Crippen molar-refractivity contribution in [2.24, 2.45) is 5.92 Å². The van der Waals surface area contributed by atoms with Gasteiger partial charge in [-0.15, -0.1) is 0 Å². The Kier molecular flexibility index (Phi) is 4.81. The van der Waals surface area contributed by atoms with E-state index in [2.05, 4.69) is 16.0 Å². The first-order valence-electron chi connectivity index (χ1n) is 6.31. The summed E-state index contributed by atoms with van der Waals surface area (Å²) in [4.78, 5) is 22.8. The molecule has 108 valence electrons. The summed E-state index contributed by atoms with van der Waals surface area (Å²) in [6.45, 7) is 0.996. The summed E-state index contributed by atoms with van der Waals surface area (Å²) < 4.78 is 0. The van der Waals surface area contributed by atoms with Crippen molar-refractivity contribution in [1.82, 2.24) is 10.6 Å². The molecule has 1 aliphatic heterocycles. The minimum absolute atomic E-state index is 0.205. The number of hydrogen-bond acceptors (Lipinski definition) is 3. The molecule has 2 amide bonds. The molecule has 1 aliphatic rings. The second kappa shape index (κ2) is 6.58. The number of urea groups is 1. The number of carbonyl (C=O) groups is 2. The molecule has 0 spiro atoms. The summed E-state index contributed by atoms with van der Waals surface area (Å²) in [6.07, 6.45) is 0.422. The number of amides is 2. The van der Waals surface area contributed by atoms with Crippen LogP contribution in [0.3, 0.4) is 0 Å². The standard InChI is InChI=1S/C13H16ClN3O3/c14-9-2-1-3-10(5-9)16-13(20)17-11-4-8(12(18)19)6-15-7-11/h1-3,5,8,11,15H,4,6-7H2,(H,18,19)(H2,16,17,20). The predicted molar refractivity (Wildman–Crippen MR) is 76.0 cm³/mol. The molecule has 0 aromatic heterocycles. The third-order valence-electron chi connectivity index (χ3n) is 3.12. The van der Waals surface area contributed by atoms with E-state index in [1.165, 1.54) is 0 Å². The van der Waals surface area contributed by atoms with Gasteiger partial charge in [-0.05, 0) is 24.6 Å². The van der Waals surface area contributed by atoms with Gasteiger partial charge in [0, 0.05) is 29.8 Å². The van der Waals surface area contributed by atoms with E-state index in [1.807, 2.05) is 0 Å². The quantitative estimate of drug-likeness (QED) is 0.681. The number of anilines is 1. The molecule has 7 heteroatoms. The maximum absolute atomic E-state index is 11.8. The lowest BCUT2D eigenvalue weighted by molar-refractivity contribution is -0.142. The van der Waals surface area contributed by atoms with Crippen molar-refractivity contribution in [2.45, 2.75) is 12.5 Å². The number of rotatable bonds is 3. The maximum atomic E-state index is 11.8. The highest BCUT2D eigenvalue weighted by Gasteiger charge is 2.27. The first-order chi connectivity index (χ1) is 9.54. The highest BCUT2D eigenvalue weighted by molar-refractivity contribution is 6.30. The molecule has 1 saturated heterocycles. The number of carboxylic acid groups (broad SMARTS) is 1. The van der Waals surface area contributed by atoms with Crippen LogP contribution in [0.5, 0.6) is 0 Å². The van der Waals surface area contributed by atoms with Crippen molar-refractivity contribution in [3.63, 3.8) is 0 Å². The van der Waals surface area contributed by atoms with Gasteiger partial charge in [-0.3, -0.25) is 4.79 Å². The van der Waals surface area contributed by atoms with Crippen LogP contribution in [0.25, 0.3) is 0 Å². The second-order valence-corrected chi connectivity index (χ2v) is 5.17. The van der Waals surface area contributed by atoms with E-state index >= 15 is 0 Å². The number of carbonyl (C=O) groups excluding carboxylic acids is 1. The van der Waals surface area contributed by atoms with Crippen LogP contribution in [0.1, 0.15) is 6.42 Å². The Balaban J connectivity index is 1.86. The number of carboxylic acids is 1. The van der Waals surface area contributed by atoms with E-state index in [0.717, 1.165) is 0 Å². The Bertz CT molecular complexity index is 509. The van der Waals surface area contributed by atoms with E-state index in [9.17, 15) is 9.59 Å². The van der Waals surface area contributed by atoms with E-state index in [1.54, 1.807) is 24.3 Å². The fraction of sp³-hybridized carbons (Fsp3) is 0.385. The molecule has 0 radical (unpaired) electrons. The molecule has 2 rings (SSSR count). The normalized spacial score (nSPS) is 22.1. The van der Waals surface area contributed by atoms with E-state index < -0.39 is 11.9 Å². The monoisotopic (exact) mass is 297 g/mol. The predicted octanol–water partition coefficient (Wildman–Crippen LogP) is 1.52. The summed E-state index contributed by atoms with van der Waals surface area (Å²) in [5.41, 5.74) is 0.591. The van der Waals surface area contributed by atoms with Crippen molar-refractivity contribution < 1.29 is 14.7 Å². The first-order valence-corrected chi connectivity index (χ1v) is 6.69. The zero-order valence-electron chi connectivity index (χ0n) is 10.7. The number of piperidine rings is 1. The van der Waals surface area contributed by atoms with Crippen LogP contribution in [0, 0.1) is 5.92 Å². The lowest BCUT2D eigenvalue weighted by Gasteiger charge is -2.28. The molecule has 1 aromatic carbocycles. The SMILES string of the molecule is O=C(Nc1cccc(Cl)c1)NC1CNCC(C(=O)O)C1. The van der Waals surface area contributed by atoms with Crippen LogP contribution in [-0.4, -0.2) is 36.2 Å². The van der Waals surface area contributed by atoms with E-state index in [-0.39, 0.29) is 12.1 Å². The minimum Gasteiger partial charge on any atom is -0.481 e. The van der Waals surface area contributed by atoms with Gasteiger partial charge in [0.15, 0.2) is 0 Å². The second-order valence-electron chi connectivity index (χ2n) is 4.73. The highest BCUT2D eigenvalue weighted by atomic mass is 35.5. The molecule has 1 fully saturated rings. The molecule has 4 N–H and O–H groups in total. The number of nitrogens with one attached hydrogen (secondary N) is 3. The lowest BCUT2D eigenvalue weighted by Crippen LogP contribution is -2.51. The van der Waals surface area contributed by atoms with Crippen LogP contribution in [-0.2, 0) is 4.79 Å². The summed E-state index contributed by atoms with van der Waals surface area (Å²) in [7, 11) is 0. The molecule has 1 aromatic rings. The topological polar surface area (TPSA) is 90.5 Å². The van der Waals surface area contributed by atoms with Crippen molar-refractivity contribution in [3.8, 4) is 0 Å². The van der Waals surface area contributed by atoms with Crippen molar-refractivity contribution >= 4 is 29.3 Å². The Hall–Kier alpha value is -1.79. The van der Waals surface area contributed by atoms with Gasteiger partial charge in [-0.25, -0.2) is 4.79 Å². The number of hydrogen-bond donors (Lipinski definition) is 4. The molecule has 6 nitrogen and oxygen atoms in total. The lowest BCUT2D eigenvalue weighted by atomic mass is 9.96. The molecule has 0 aliphatic carbocycles. The first kappa shape index (κ1) is 14.6. The fourth-order valence-corrected chi connectivity index (χ4v) is 2.35. The summed E-state index contributed by atoms with van der Waals surface area (Å²) in [5.74, 6) is -1.32. The van der Waals surface area contributed by atoms with E-state index in [0.29, 0.717) is 30.2 Å². The molecule has 2 atom stereocenters. The average molecular weight is 298 g/mol. The Morgan fingerprint density at radius 1 is 1.35 bits per heavy atom. The van der Waals surface area contributed by atoms with Crippen molar-refractivity contribution in [3.05, 3.63) is 29.3 Å². The average Bonchev–Trinajstić information content (AvgIpc) is 2.38. The van der Waals surface area contributed by atoms with Crippen LogP contribution in [0.15, 0.2) is 24.3 Å². The third-order valence-corrected chi connectivity index (χ3v) is 3.35. The molecular weight excluding hydrogens is 282 g/mol. The van der Waals surface area contributed by atoms with Gasteiger partial charge in [0.25, 0.3) is 0 Å². The van der Waals surface area contributed by atoms with Gasteiger partial charge in [0.05, 0.1) is 5.92 Å². The highest BCUT2D eigenvalue weighted by Crippen LogP contribution is 2.15. The van der Waals surface area contributed by atoms with E-state index in [4.69, 9.17) is 16.7 Å². The molecule has 0 bridgehead atoms. The third kappa shape index (κ3) is 4.11. The zero-order chi connectivity index (χ0) is 14.5.